The molecule has 0 aliphatic carbocycles. The van der Waals surface area contributed by atoms with Crippen LogP contribution >= 0.6 is 11.6 Å². The van der Waals surface area contributed by atoms with Crippen LogP contribution in [0.25, 0.3) is 0 Å². The fraction of sp³-hybridized carbons (Fsp3) is 0.400. The molecule has 3 nitrogen and oxygen atoms in total. The first-order chi connectivity index (χ1) is 9.55. The second-order valence-corrected chi connectivity index (χ2v) is 5.23. The number of benzene rings is 1. The Balaban J connectivity index is 2.28. The minimum absolute atomic E-state index is 0.0482. The van der Waals surface area contributed by atoms with Gasteiger partial charge in [-0.1, -0.05) is 18.5 Å². The summed E-state index contributed by atoms with van der Waals surface area (Å²) in [7, 11) is 3.81. The number of aromatic nitrogens is 2. The van der Waals surface area contributed by atoms with Crippen LogP contribution in [0.1, 0.15) is 29.9 Å². The molecule has 20 heavy (non-hydrogen) atoms. The summed E-state index contributed by atoms with van der Waals surface area (Å²) >= 11 is 6.14. The Morgan fingerprint density at radius 1 is 1.40 bits per heavy atom. The van der Waals surface area contributed by atoms with E-state index < -0.39 is 0 Å². The van der Waals surface area contributed by atoms with Gasteiger partial charge in [-0.2, -0.15) is 5.10 Å². The number of likely N-dealkylation sites (N-methyl/N-ethyl adjacent to an activating group) is 1. The van der Waals surface area contributed by atoms with Gasteiger partial charge in [0.15, 0.2) is 0 Å². The van der Waals surface area contributed by atoms with E-state index in [2.05, 4.69) is 23.4 Å². The number of hydrogen-bond acceptors (Lipinski definition) is 2. The zero-order valence-electron chi connectivity index (χ0n) is 12.0. The van der Waals surface area contributed by atoms with E-state index in [4.69, 9.17) is 11.6 Å². The topological polar surface area (TPSA) is 29.9 Å². The first-order valence-electron chi connectivity index (χ1n) is 6.69. The van der Waals surface area contributed by atoms with Gasteiger partial charge in [0.05, 0.1) is 17.4 Å². The Kier molecular flexibility index (Phi) is 4.78. The molecule has 5 heteroatoms. The number of nitrogens with one attached hydrogen (secondary N) is 1. The van der Waals surface area contributed by atoms with Crippen LogP contribution in [0.3, 0.4) is 0 Å². The monoisotopic (exact) mass is 295 g/mol. The van der Waals surface area contributed by atoms with Crippen LogP contribution in [0.2, 0.25) is 5.02 Å². The minimum Gasteiger partial charge on any atom is -0.311 e. The lowest BCUT2D eigenvalue weighted by atomic mass is 10.0. The molecular formula is C15H19ClFN3. The van der Waals surface area contributed by atoms with Gasteiger partial charge < -0.3 is 5.32 Å². The third-order valence-corrected chi connectivity index (χ3v) is 3.83. The molecule has 1 heterocycles. The summed E-state index contributed by atoms with van der Waals surface area (Å²) in [5.74, 6) is -0.265. The maximum atomic E-state index is 13.3. The molecule has 0 spiro atoms. The molecule has 0 saturated carbocycles. The van der Waals surface area contributed by atoms with Crippen molar-refractivity contribution >= 4 is 11.6 Å². The summed E-state index contributed by atoms with van der Waals surface area (Å²) in [4.78, 5) is 0. The predicted octanol–water partition coefficient (Wildman–Crippen LogP) is 3.28. The molecule has 1 atom stereocenters. The van der Waals surface area contributed by atoms with E-state index in [0.29, 0.717) is 11.4 Å². The third-order valence-electron chi connectivity index (χ3n) is 3.47. The molecule has 0 aliphatic heterocycles. The maximum Gasteiger partial charge on any atom is 0.123 e. The molecular weight excluding hydrogens is 277 g/mol. The first-order valence-corrected chi connectivity index (χ1v) is 7.07. The Labute approximate surface area is 123 Å². The number of rotatable bonds is 5. The lowest BCUT2D eigenvalue weighted by Gasteiger charge is -2.17. The van der Waals surface area contributed by atoms with Crippen molar-refractivity contribution in [1.82, 2.24) is 15.1 Å². The van der Waals surface area contributed by atoms with Gasteiger partial charge in [0, 0.05) is 12.1 Å². The van der Waals surface area contributed by atoms with E-state index in [0.717, 1.165) is 23.4 Å². The van der Waals surface area contributed by atoms with Crippen molar-refractivity contribution in [2.45, 2.75) is 25.8 Å². The predicted molar refractivity (Wildman–Crippen MR) is 79.5 cm³/mol. The van der Waals surface area contributed by atoms with E-state index in [1.54, 1.807) is 6.07 Å². The minimum atomic E-state index is -0.265. The molecule has 0 radical (unpaired) electrons. The van der Waals surface area contributed by atoms with Gasteiger partial charge in [-0.25, -0.2) is 4.39 Å². The van der Waals surface area contributed by atoms with Crippen molar-refractivity contribution in [3.63, 3.8) is 0 Å². The zero-order valence-corrected chi connectivity index (χ0v) is 12.7. The van der Waals surface area contributed by atoms with Gasteiger partial charge in [-0.05, 0) is 49.7 Å². The molecule has 1 aromatic carbocycles. The fourth-order valence-corrected chi connectivity index (χ4v) is 2.51. The van der Waals surface area contributed by atoms with E-state index in [1.165, 1.54) is 12.1 Å². The summed E-state index contributed by atoms with van der Waals surface area (Å²) in [5, 5.41) is 8.29. The van der Waals surface area contributed by atoms with Crippen LogP contribution in [-0.4, -0.2) is 16.8 Å². The summed E-state index contributed by atoms with van der Waals surface area (Å²) in [6, 6.07) is 6.59. The Hall–Kier alpha value is -1.39. The average Bonchev–Trinajstić information content (AvgIpc) is 2.81. The highest BCUT2D eigenvalue weighted by atomic mass is 35.5. The van der Waals surface area contributed by atoms with Crippen molar-refractivity contribution in [2.75, 3.05) is 7.05 Å². The van der Waals surface area contributed by atoms with Crippen LogP contribution < -0.4 is 5.32 Å². The van der Waals surface area contributed by atoms with Crippen LogP contribution in [0, 0.1) is 5.82 Å². The van der Waals surface area contributed by atoms with Gasteiger partial charge in [0.25, 0.3) is 0 Å². The third kappa shape index (κ3) is 3.19. The number of halogens is 2. The van der Waals surface area contributed by atoms with Gasteiger partial charge in [-0.15, -0.1) is 0 Å². The summed E-state index contributed by atoms with van der Waals surface area (Å²) in [6.07, 6.45) is 1.51. The molecule has 1 aromatic heterocycles. The summed E-state index contributed by atoms with van der Waals surface area (Å²) in [6.45, 7) is 2.07. The van der Waals surface area contributed by atoms with Crippen molar-refractivity contribution in [1.29, 1.82) is 0 Å². The van der Waals surface area contributed by atoms with E-state index >= 15 is 0 Å². The highest BCUT2D eigenvalue weighted by molar-refractivity contribution is 6.31. The highest BCUT2D eigenvalue weighted by Gasteiger charge is 2.17. The number of nitrogens with zero attached hydrogens (tertiary/aromatic N) is 2. The van der Waals surface area contributed by atoms with E-state index in [9.17, 15) is 4.39 Å². The standard InChI is InChI=1S/C15H19ClFN3/c1-4-12-9-15(20(3)19-12)14(18-2)8-10-7-11(17)5-6-13(10)16/h5-7,9,14,18H,4,8H2,1-3H3. The summed E-state index contributed by atoms with van der Waals surface area (Å²) in [5.41, 5.74) is 2.92. The van der Waals surface area contributed by atoms with Gasteiger partial charge in [-0.3, -0.25) is 4.68 Å². The molecule has 0 aliphatic rings. The zero-order chi connectivity index (χ0) is 14.7. The lowest BCUT2D eigenvalue weighted by molar-refractivity contribution is 0.534. The largest absolute Gasteiger partial charge is 0.311 e. The Morgan fingerprint density at radius 2 is 2.15 bits per heavy atom. The van der Waals surface area contributed by atoms with Crippen LogP contribution in [0.5, 0.6) is 0 Å². The van der Waals surface area contributed by atoms with Gasteiger partial charge in [0.2, 0.25) is 0 Å². The van der Waals surface area contributed by atoms with Crippen LogP contribution in [0.4, 0.5) is 4.39 Å². The van der Waals surface area contributed by atoms with E-state index in [-0.39, 0.29) is 11.9 Å². The van der Waals surface area contributed by atoms with Crippen molar-refractivity contribution in [3.8, 4) is 0 Å². The quantitative estimate of drug-likeness (QED) is 0.917. The second kappa shape index (κ2) is 6.37. The molecule has 0 fully saturated rings. The normalized spacial score (nSPS) is 12.7. The average molecular weight is 296 g/mol. The lowest BCUT2D eigenvalue weighted by Crippen LogP contribution is -2.21. The first kappa shape index (κ1) is 15.0. The molecule has 2 rings (SSSR count). The van der Waals surface area contributed by atoms with Crippen molar-refractivity contribution in [2.24, 2.45) is 7.05 Å². The maximum absolute atomic E-state index is 13.3. The molecule has 0 amide bonds. The molecule has 108 valence electrons. The van der Waals surface area contributed by atoms with Crippen molar-refractivity contribution < 1.29 is 4.39 Å². The molecule has 2 aromatic rings. The number of hydrogen-bond donors (Lipinski definition) is 1. The van der Waals surface area contributed by atoms with E-state index in [1.807, 2.05) is 18.8 Å². The number of aryl methyl sites for hydroxylation is 2. The molecule has 1 unspecified atom stereocenters. The Bertz CT molecular complexity index is 595. The molecule has 0 saturated heterocycles. The second-order valence-electron chi connectivity index (χ2n) is 4.82. The molecule has 0 bridgehead atoms. The highest BCUT2D eigenvalue weighted by Crippen LogP contribution is 2.24. The summed E-state index contributed by atoms with van der Waals surface area (Å²) < 4.78 is 15.2. The molecule has 1 N–H and O–H groups in total. The van der Waals surface area contributed by atoms with Gasteiger partial charge in [0.1, 0.15) is 5.82 Å². The smallest absolute Gasteiger partial charge is 0.123 e. The van der Waals surface area contributed by atoms with Crippen LogP contribution in [0.15, 0.2) is 24.3 Å². The fourth-order valence-electron chi connectivity index (χ4n) is 2.32. The van der Waals surface area contributed by atoms with Gasteiger partial charge >= 0.3 is 0 Å². The van der Waals surface area contributed by atoms with Crippen molar-refractivity contribution in [3.05, 3.63) is 52.1 Å². The Morgan fingerprint density at radius 3 is 2.75 bits per heavy atom. The SMILES string of the molecule is CCc1cc(C(Cc2cc(F)ccc2Cl)NC)n(C)n1. The van der Waals surface area contributed by atoms with Crippen LogP contribution in [-0.2, 0) is 19.9 Å².